The summed E-state index contributed by atoms with van der Waals surface area (Å²) in [6.07, 6.45) is -37.5. The van der Waals surface area contributed by atoms with Gasteiger partial charge in [-0.1, -0.05) is 44.9 Å². The summed E-state index contributed by atoms with van der Waals surface area (Å²) in [6.45, 7) is 14.1. The van der Waals surface area contributed by atoms with E-state index in [2.05, 4.69) is 23.8 Å². The Hall–Kier alpha value is -2.48. The number of esters is 1. The number of Topliss-reactive ketones (excluding diaryl/α,β-unsaturated/α-hetero) is 1. The summed E-state index contributed by atoms with van der Waals surface area (Å²) in [5.74, 6) is -1.10. The minimum atomic E-state index is -5.32. The second-order valence-corrected chi connectivity index (χ2v) is 30.3. The number of rotatable bonds is 21. The molecule has 0 aromatic heterocycles. The Morgan fingerprint density at radius 2 is 1.29 bits per heavy atom. The standard InChI is InChI=1S/C59H92O32S2/c1-24(2)11-10-16-58(8)48-28(61)19-57(7)27-12-13-33-55(4,5)34(15-17-56(33,6)26(27)14-18-59(48,57)54(71)90-58)85-52-46(38(66)32(22-80-52)91-93(75,76)77)89-53-47(88-49-39(67)35(63)29(62)21-79-49)40(68)43(25(3)82-53)86-51-42(70)45(37(65)31(84-51)23-81-92(72,73)74)87-50-41(69)44(78-9)36(64)30(20-60)83-50/h12,25-26,29-53,60,62-70H,1,10-11,13-23H2,2-9H3,(H,72,73,74)(H,75,76,77)/t25-,26+,29-,30-,31-,32-,33+,34+,35+,36-,37-,38+,39-,40+,41-,42-,43-,44+,45+,46-,47-,48-,49+,50+,51+,52+,53+,56-,57+,58+,59-/m1/s1. The van der Waals surface area contributed by atoms with Crippen LogP contribution >= 0.6 is 0 Å². The third-order valence-corrected chi connectivity index (χ3v) is 23.0. The molecule has 0 aromatic rings. The Morgan fingerprint density at radius 3 is 1.94 bits per heavy atom. The van der Waals surface area contributed by atoms with Gasteiger partial charge in [0.05, 0.1) is 50.0 Å². The molecule has 1 spiro atoms. The minimum Gasteiger partial charge on any atom is -0.458 e. The molecule has 6 heterocycles. The first-order valence-corrected chi connectivity index (χ1v) is 34.2. The van der Waals surface area contributed by atoms with Crippen molar-refractivity contribution in [3.8, 4) is 0 Å². The summed E-state index contributed by atoms with van der Waals surface area (Å²) in [5.41, 5.74) is -1.91. The van der Waals surface area contributed by atoms with Crippen molar-refractivity contribution < 1.29 is 152 Å². The van der Waals surface area contributed by atoms with Crippen molar-refractivity contribution in [2.24, 2.45) is 39.4 Å². The van der Waals surface area contributed by atoms with Crippen LogP contribution in [0.15, 0.2) is 23.8 Å². The van der Waals surface area contributed by atoms with Gasteiger partial charge in [-0.15, -0.1) is 6.58 Å². The number of allylic oxidation sites excluding steroid dienone is 3. The zero-order valence-corrected chi connectivity index (χ0v) is 54.5. The zero-order valence-electron chi connectivity index (χ0n) is 52.9. The highest BCUT2D eigenvalue weighted by atomic mass is 32.3. The number of carbonyl (C=O) groups excluding carboxylic acids is 2. The van der Waals surface area contributed by atoms with Crippen molar-refractivity contribution in [2.45, 2.75) is 259 Å². The maximum Gasteiger partial charge on any atom is 0.397 e. The zero-order chi connectivity index (χ0) is 68.2. The molecule has 9 fully saturated rings. The van der Waals surface area contributed by atoms with Crippen molar-refractivity contribution >= 4 is 32.6 Å². The molecule has 10 rings (SSSR count). The largest absolute Gasteiger partial charge is 0.458 e. The van der Waals surface area contributed by atoms with Gasteiger partial charge in [-0.05, 0) is 94.8 Å². The number of aliphatic hydroxyl groups is 10. The summed E-state index contributed by atoms with van der Waals surface area (Å²) < 4.78 is 149. The Labute approximate surface area is 538 Å². The maximum atomic E-state index is 14.5. The van der Waals surface area contributed by atoms with Gasteiger partial charge in [0.25, 0.3) is 0 Å². The number of ether oxygens (including phenoxy) is 12. The first-order valence-electron chi connectivity index (χ1n) is 31.5. The Kier molecular flexibility index (Phi) is 21.4. The molecule has 6 saturated heterocycles. The molecule has 0 aromatic carbocycles. The van der Waals surface area contributed by atoms with Gasteiger partial charge >= 0.3 is 26.8 Å². The number of ketones is 1. The van der Waals surface area contributed by atoms with Gasteiger partial charge in [-0.2, -0.15) is 16.8 Å². The van der Waals surface area contributed by atoms with Gasteiger partial charge < -0.3 is 108 Å². The number of carbonyl (C=O) groups is 2. The van der Waals surface area contributed by atoms with Gasteiger partial charge in [0.15, 0.2) is 31.5 Å². The van der Waals surface area contributed by atoms with Gasteiger partial charge in [-0.3, -0.25) is 18.7 Å². The molecular formula is C59H92O32S2. The molecule has 10 aliphatic rings. The fourth-order valence-electron chi connectivity index (χ4n) is 17.4. The number of hydrogen-bond donors (Lipinski definition) is 12. The minimum absolute atomic E-state index is 0.0191. The van der Waals surface area contributed by atoms with Crippen molar-refractivity contribution in [3.05, 3.63) is 23.8 Å². The number of methoxy groups -OCH3 is 1. The fraction of sp³-hybridized carbons (Fsp3) is 0.898. The van der Waals surface area contributed by atoms with E-state index in [9.17, 15) is 86.6 Å². The van der Waals surface area contributed by atoms with Crippen molar-refractivity contribution in [1.29, 1.82) is 0 Å². The summed E-state index contributed by atoms with van der Waals surface area (Å²) >= 11 is 0. The quantitative estimate of drug-likeness (QED) is 0.0333. The van der Waals surface area contributed by atoms with Crippen molar-refractivity contribution in [1.82, 2.24) is 0 Å². The molecule has 34 heteroatoms. The molecule has 532 valence electrons. The van der Waals surface area contributed by atoms with E-state index in [0.29, 0.717) is 44.9 Å². The first-order chi connectivity index (χ1) is 43.4. The number of cyclic esters (lactones) is 1. The summed E-state index contributed by atoms with van der Waals surface area (Å²) in [4.78, 5) is 28.9. The molecule has 0 radical (unpaired) electrons. The normalized spacial score (nSPS) is 49.2. The summed E-state index contributed by atoms with van der Waals surface area (Å²) in [5, 5.41) is 112. The third-order valence-electron chi connectivity index (χ3n) is 22.0. The molecule has 0 unspecified atom stereocenters. The van der Waals surface area contributed by atoms with Crippen molar-refractivity contribution in [2.75, 3.05) is 33.5 Å². The molecule has 0 bridgehead atoms. The van der Waals surface area contributed by atoms with E-state index in [0.717, 1.165) is 24.7 Å². The maximum absolute atomic E-state index is 14.5. The molecule has 3 saturated carbocycles. The van der Waals surface area contributed by atoms with E-state index in [4.69, 9.17) is 61.0 Å². The number of fused-ring (bicyclic) bond motifs is 4. The second kappa shape index (κ2) is 27.2. The van der Waals surface area contributed by atoms with Crippen LogP contribution in [0.4, 0.5) is 0 Å². The lowest BCUT2D eigenvalue weighted by Gasteiger charge is -2.63. The average molecular weight is 1380 g/mol. The van der Waals surface area contributed by atoms with Gasteiger partial charge in [-0.25, -0.2) is 8.37 Å². The average Bonchev–Trinajstić information content (AvgIpc) is 1.52. The van der Waals surface area contributed by atoms with Gasteiger partial charge in [0.2, 0.25) is 0 Å². The molecule has 4 aliphatic carbocycles. The lowest BCUT2D eigenvalue weighted by molar-refractivity contribution is -0.403. The molecule has 93 heavy (non-hydrogen) atoms. The highest BCUT2D eigenvalue weighted by Crippen LogP contribution is 2.75. The van der Waals surface area contributed by atoms with E-state index in [1.165, 1.54) is 6.92 Å². The van der Waals surface area contributed by atoms with Crippen LogP contribution in [0, 0.1) is 39.4 Å². The van der Waals surface area contributed by atoms with Crippen LogP contribution < -0.4 is 0 Å². The van der Waals surface area contributed by atoms with Crippen LogP contribution in [0.2, 0.25) is 0 Å². The molecule has 0 amide bonds. The number of hydrogen-bond acceptors (Lipinski definition) is 30. The predicted molar refractivity (Wildman–Crippen MR) is 308 cm³/mol. The van der Waals surface area contributed by atoms with Crippen LogP contribution in [0.5, 0.6) is 0 Å². The SMILES string of the molecule is C=C(C)CCC[C@]1(C)OC(=O)[C@]23CC[C@H]4C(=CC[C@H]5C(C)(C)[C@@H](O[C@@H]6OC[C@@H](OS(=O)(=O)O)[C@H](O)[C@H]6O[C@@H]6O[C@H](C)[C@@H](O[C@@H]7O[C@H](COS(=O)(=O)O)[C@@H](O)[C@H](O[C@@H]8O[C@H](CO)[C@@H](O)[C@H](OC)[C@H]8O)[C@H]7O)[C@H](O)[C@H]6O[C@@H]6OC[C@@H](O)[C@H](O)[C@H]6O)CC[C@]45C)[C@]2(C)CC(=O)[C@@H]31. The van der Waals surface area contributed by atoms with E-state index in [1.807, 2.05) is 34.6 Å². The molecular weight excluding hydrogens is 1280 g/mol. The van der Waals surface area contributed by atoms with Crippen LogP contribution in [0.3, 0.4) is 0 Å². The van der Waals surface area contributed by atoms with Crippen molar-refractivity contribution in [3.63, 3.8) is 0 Å². The van der Waals surface area contributed by atoms with Crippen LogP contribution in [-0.2, 0) is 95.6 Å². The predicted octanol–water partition coefficient (Wildman–Crippen LogP) is -2.09. The van der Waals surface area contributed by atoms with E-state index >= 15 is 0 Å². The van der Waals surface area contributed by atoms with E-state index < -0.39 is 228 Å². The van der Waals surface area contributed by atoms with Gasteiger partial charge in [0, 0.05) is 18.9 Å². The van der Waals surface area contributed by atoms with Crippen LogP contribution in [0.1, 0.15) is 106 Å². The molecule has 31 atom stereocenters. The summed E-state index contributed by atoms with van der Waals surface area (Å²) in [7, 11) is -9.46. The van der Waals surface area contributed by atoms with Crippen LogP contribution in [0.25, 0.3) is 0 Å². The highest BCUT2D eigenvalue weighted by Gasteiger charge is 2.79. The lowest BCUT2D eigenvalue weighted by atomic mass is 9.41. The Balaban J connectivity index is 0.921. The van der Waals surface area contributed by atoms with Gasteiger partial charge in [0.1, 0.15) is 115 Å². The fourth-order valence-corrected chi connectivity index (χ4v) is 18.2. The lowest BCUT2D eigenvalue weighted by Crippen LogP contribution is -2.68. The Bertz CT molecular complexity index is 2970. The summed E-state index contributed by atoms with van der Waals surface area (Å²) in [6, 6.07) is 0. The smallest absolute Gasteiger partial charge is 0.397 e. The second-order valence-electron chi connectivity index (χ2n) is 28.2. The topological polar surface area (TPSA) is 474 Å². The van der Waals surface area contributed by atoms with E-state index in [-0.39, 0.29) is 30.0 Å². The monoisotopic (exact) mass is 1380 g/mol. The van der Waals surface area contributed by atoms with Crippen LogP contribution in [-0.4, -0.2) is 275 Å². The molecule has 12 N–H and O–H groups in total. The third kappa shape index (κ3) is 13.5. The highest BCUT2D eigenvalue weighted by molar-refractivity contribution is 7.81. The Morgan fingerprint density at radius 1 is 0.677 bits per heavy atom. The number of aliphatic hydroxyl groups excluding tert-OH is 10. The first kappa shape index (κ1) is 73.2. The molecule has 32 nitrogen and oxygen atoms in total. The molecule has 6 aliphatic heterocycles. The van der Waals surface area contributed by atoms with E-state index in [1.54, 1.807) is 0 Å².